The van der Waals surface area contributed by atoms with E-state index in [2.05, 4.69) is 5.32 Å². The first-order valence-electron chi connectivity index (χ1n) is 9.55. The molecule has 1 aliphatic rings. The fourth-order valence-corrected chi connectivity index (χ4v) is 3.05. The number of rotatable bonds is 9. The number of methoxy groups -OCH3 is 2. The molecule has 0 aromatic heterocycles. The number of hydrogen-bond donors (Lipinski definition) is 1. The van der Waals surface area contributed by atoms with Crippen LogP contribution in [-0.4, -0.2) is 39.5 Å². The molecule has 1 amide bonds. The molecule has 2 aromatic rings. The van der Waals surface area contributed by atoms with Crippen LogP contribution in [0, 0.1) is 0 Å². The standard InChI is InChI=1S/C22H25NO7/c1-14(16-6-8-18-20(11-16)30-13-29-18)23-21(24)12-28-22(25)9-5-15-4-7-17(26-2)19(10-15)27-3/h4,6-8,10-11,14H,5,9,12-13H2,1-3H3,(H,23,24)/t14-/m1/s1. The SMILES string of the molecule is COc1ccc(CCC(=O)OCC(=O)N[C@H](C)c2ccc3c(c2)OCO3)cc1OC. The number of aryl methyl sites for hydroxylation is 1. The average Bonchev–Trinajstić information content (AvgIpc) is 3.23. The third-order valence-electron chi connectivity index (χ3n) is 4.70. The van der Waals surface area contributed by atoms with Crippen LogP contribution in [0.5, 0.6) is 23.0 Å². The Labute approximate surface area is 175 Å². The van der Waals surface area contributed by atoms with Crippen molar-refractivity contribution in [3.8, 4) is 23.0 Å². The number of hydrogen-bond acceptors (Lipinski definition) is 7. The highest BCUT2D eigenvalue weighted by atomic mass is 16.7. The molecule has 2 aromatic carbocycles. The van der Waals surface area contributed by atoms with Gasteiger partial charge in [-0.25, -0.2) is 0 Å². The minimum Gasteiger partial charge on any atom is -0.493 e. The zero-order valence-corrected chi connectivity index (χ0v) is 17.2. The van der Waals surface area contributed by atoms with Crippen LogP contribution in [0.1, 0.15) is 30.5 Å². The van der Waals surface area contributed by atoms with Gasteiger partial charge in [-0.05, 0) is 48.7 Å². The summed E-state index contributed by atoms with van der Waals surface area (Å²) in [5, 5.41) is 2.80. The maximum Gasteiger partial charge on any atom is 0.306 e. The van der Waals surface area contributed by atoms with Gasteiger partial charge < -0.3 is 29.0 Å². The van der Waals surface area contributed by atoms with Crippen LogP contribution in [0.2, 0.25) is 0 Å². The number of amides is 1. The van der Waals surface area contributed by atoms with Gasteiger partial charge in [-0.3, -0.25) is 9.59 Å². The van der Waals surface area contributed by atoms with E-state index in [1.54, 1.807) is 26.4 Å². The second-order valence-electron chi connectivity index (χ2n) is 6.75. The molecule has 8 nitrogen and oxygen atoms in total. The summed E-state index contributed by atoms with van der Waals surface area (Å²) >= 11 is 0. The minimum atomic E-state index is -0.448. The zero-order chi connectivity index (χ0) is 21.5. The van der Waals surface area contributed by atoms with Crippen LogP contribution in [0.25, 0.3) is 0 Å². The average molecular weight is 415 g/mol. The van der Waals surface area contributed by atoms with Crippen molar-refractivity contribution in [2.24, 2.45) is 0 Å². The molecule has 0 fully saturated rings. The molecule has 1 aliphatic heterocycles. The zero-order valence-electron chi connectivity index (χ0n) is 17.2. The fraction of sp³-hybridized carbons (Fsp3) is 0.364. The molecule has 8 heteroatoms. The molecule has 1 atom stereocenters. The lowest BCUT2D eigenvalue weighted by atomic mass is 10.1. The van der Waals surface area contributed by atoms with Crippen molar-refractivity contribution in [2.45, 2.75) is 25.8 Å². The van der Waals surface area contributed by atoms with Gasteiger partial charge >= 0.3 is 5.97 Å². The van der Waals surface area contributed by atoms with E-state index in [0.29, 0.717) is 29.4 Å². The predicted octanol–water partition coefficient (Wildman–Crippen LogP) is 2.79. The van der Waals surface area contributed by atoms with Gasteiger partial charge in [0.15, 0.2) is 29.6 Å². The van der Waals surface area contributed by atoms with Gasteiger partial charge in [0, 0.05) is 6.42 Å². The van der Waals surface area contributed by atoms with Gasteiger partial charge in [-0.1, -0.05) is 12.1 Å². The molecule has 0 aliphatic carbocycles. The molecule has 160 valence electrons. The number of fused-ring (bicyclic) bond motifs is 1. The van der Waals surface area contributed by atoms with Gasteiger partial charge in [-0.2, -0.15) is 0 Å². The van der Waals surface area contributed by atoms with E-state index in [-0.39, 0.29) is 31.8 Å². The Morgan fingerprint density at radius 1 is 1.03 bits per heavy atom. The van der Waals surface area contributed by atoms with Crippen LogP contribution >= 0.6 is 0 Å². The van der Waals surface area contributed by atoms with E-state index < -0.39 is 5.97 Å². The number of ether oxygens (including phenoxy) is 5. The monoisotopic (exact) mass is 415 g/mol. The predicted molar refractivity (Wildman–Crippen MR) is 108 cm³/mol. The Kier molecular flexibility index (Phi) is 7.00. The van der Waals surface area contributed by atoms with Gasteiger partial charge in [0.05, 0.1) is 20.3 Å². The van der Waals surface area contributed by atoms with Crippen molar-refractivity contribution in [1.82, 2.24) is 5.32 Å². The highest BCUT2D eigenvalue weighted by Gasteiger charge is 2.17. The Morgan fingerprint density at radius 2 is 1.80 bits per heavy atom. The molecule has 0 bridgehead atoms. The molecular formula is C22H25NO7. The van der Waals surface area contributed by atoms with Gasteiger partial charge in [0.25, 0.3) is 5.91 Å². The summed E-state index contributed by atoms with van der Waals surface area (Å²) in [7, 11) is 3.12. The molecule has 30 heavy (non-hydrogen) atoms. The van der Waals surface area contributed by atoms with Gasteiger partial charge in [-0.15, -0.1) is 0 Å². The Bertz CT molecular complexity index is 912. The summed E-state index contributed by atoms with van der Waals surface area (Å²) in [5.41, 5.74) is 1.78. The lowest BCUT2D eigenvalue weighted by Gasteiger charge is -2.15. The maximum atomic E-state index is 12.1. The Hall–Kier alpha value is -3.42. The molecule has 0 saturated heterocycles. The maximum absolute atomic E-state index is 12.1. The molecule has 3 rings (SSSR count). The van der Waals surface area contributed by atoms with Crippen molar-refractivity contribution in [2.75, 3.05) is 27.6 Å². The van der Waals surface area contributed by atoms with E-state index >= 15 is 0 Å². The summed E-state index contributed by atoms with van der Waals surface area (Å²) in [6.45, 7) is 1.70. The number of benzene rings is 2. The molecule has 1 N–H and O–H groups in total. The smallest absolute Gasteiger partial charge is 0.306 e. The lowest BCUT2D eigenvalue weighted by molar-refractivity contribution is -0.148. The fourth-order valence-electron chi connectivity index (χ4n) is 3.05. The lowest BCUT2D eigenvalue weighted by Crippen LogP contribution is -2.31. The van der Waals surface area contributed by atoms with E-state index in [9.17, 15) is 9.59 Å². The molecule has 0 radical (unpaired) electrons. The highest BCUT2D eigenvalue weighted by Crippen LogP contribution is 2.34. The second-order valence-corrected chi connectivity index (χ2v) is 6.75. The van der Waals surface area contributed by atoms with Gasteiger partial charge in [0.1, 0.15) is 0 Å². The van der Waals surface area contributed by atoms with E-state index in [1.807, 2.05) is 31.2 Å². The minimum absolute atomic E-state index is 0.153. The summed E-state index contributed by atoms with van der Waals surface area (Å²) in [4.78, 5) is 24.1. The molecule has 1 heterocycles. The van der Waals surface area contributed by atoms with E-state index in [1.165, 1.54) is 0 Å². The third-order valence-corrected chi connectivity index (χ3v) is 4.70. The summed E-state index contributed by atoms with van der Waals surface area (Å²) in [6.07, 6.45) is 0.620. The topological polar surface area (TPSA) is 92.3 Å². The summed E-state index contributed by atoms with van der Waals surface area (Å²) < 4.78 is 26.2. The summed E-state index contributed by atoms with van der Waals surface area (Å²) in [6, 6.07) is 10.7. The third kappa shape index (κ3) is 5.34. The Morgan fingerprint density at radius 3 is 2.57 bits per heavy atom. The van der Waals surface area contributed by atoms with Crippen LogP contribution in [0.15, 0.2) is 36.4 Å². The van der Waals surface area contributed by atoms with E-state index in [0.717, 1.165) is 11.1 Å². The first kappa shape index (κ1) is 21.3. The number of carbonyl (C=O) groups is 2. The highest BCUT2D eigenvalue weighted by molar-refractivity contribution is 5.81. The quantitative estimate of drug-likeness (QED) is 0.630. The second kappa shape index (κ2) is 9.87. The molecule has 0 saturated carbocycles. The molecular weight excluding hydrogens is 390 g/mol. The van der Waals surface area contributed by atoms with Crippen LogP contribution in [0.4, 0.5) is 0 Å². The largest absolute Gasteiger partial charge is 0.493 e. The molecule has 0 spiro atoms. The van der Waals surface area contributed by atoms with Crippen molar-refractivity contribution in [3.63, 3.8) is 0 Å². The first-order valence-corrected chi connectivity index (χ1v) is 9.55. The molecule has 0 unspecified atom stereocenters. The van der Waals surface area contributed by atoms with Crippen LogP contribution in [-0.2, 0) is 20.7 Å². The van der Waals surface area contributed by atoms with Gasteiger partial charge in [0.2, 0.25) is 6.79 Å². The van der Waals surface area contributed by atoms with Crippen LogP contribution < -0.4 is 24.3 Å². The van der Waals surface area contributed by atoms with Crippen molar-refractivity contribution in [3.05, 3.63) is 47.5 Å². The number of carbonyl (C=O) groups excluding carboxylic acids is 2. The van der Waals surface area contributed by atoms with Crippen molar-refractivity contribution < 1.29 is 33.3 Å². The van der Waals surface area contributed by atoms with Crippen LogP contribution in [0.3, 0.4) is 0 Å². The first-order chi connectivity index (χ1) is 14.5. The van der Waals surface area contributed by atoms with Crippen molar-refractivity contribution >= 4 is 11.9 Å². The number of nitrogens with one attached hydrogen (secondary N) is 1. The Balaban J connectivity index is 1.42. The van der Waals surface area contributed by atoms with E-state index in [4.69, 9.17) is 23.7 Å². The summed E-state index contributed by atoms with van der Waals surface area (Å²) in [5.74, 6) is 1.73. The normalized spacial score (nSPS) is 12.8. The number of esters is 1. The van der Waals surface area contributed by atoms with Crippen molar-refractivity contribution in [1.29, 1.82) is 0 Å².